The van der Waals surface area contributed by atoms with Crippen LogP contribution in [-0.2, 0) is 0 Å². The molecule has 1 unspecified atom stereocenters. The van der Waals surface area contributed by atoms with Gasteiger partial charge in [-0.15, -0.1) is 0 Å². The second-order valence-corrected chi connectivity index (χ2v) is 2.81. The Morgan fingerprint density at radius 1 is 1.58 bits per heavy atom. The third-order valence-corrected chi connectivity index (χ3v) is 2.02. The Bertz CT molecular complexity index is 144. The van der Waals surface area contributed by atoms with Crippen LogP contribution < -0.4 is 11.3 Å². The summed E-state index contributed by atoms with van der Waals surface area (Å²) in [7, 11) is 1.99. The quantitative estimate of drug-likeness (QED) is 0.283. The summed E-state index contributed by atoms with van der Waals surface area (Å²) in [6.07, 6.45) is 1.08. The van der Waals surface area contributed by atoms with Crippen LogP contribution in [0.2, 0.25) is 0 Å². The third-order valence-electron chi connectivity index (χ3n) is 2.02. The van der Waals surface area contributed by atoms with Gasteiger partial charge in [0.15, 0.2) is 0 Å². The molecule has 3 N–H and O–H groups in total. The molecule has 12 heavy (non-hydrogen) atoms. The number of rotatable bonds is 3. The van der Waals surface area contributed by atoms with E-state index in [2.05, 4.69) is 24.3 Å². The molecule has 0 aromatic carbocycles. The number of nitrogens with two attached hydrogens (primary N) is 1. The Balaban J connectivity index is 4.20. The SMILES string of the molecule is CCN=C(NN)N(C)C(C)CC. The summed E-state index contributed by atoms with van der Waals surface area (Å²) < 4.78 is 0. The largest absolute Gasteiger partial charge is 0.342 e. The van der Waals surface area contributed by atoms with E-state index in [-0.39, 0.29) is 0 Å². The standard InChI is InChI=1S/C8H20N4/c1-5-7(3)12(4)8(11-9)10-6-2/h7H,5-6,9H2,1-4H3,(H,10,11). The molecule has 0 saturated heterocycles. The average Bonchev–Trinajstić information content (AvgIpc) is 2.11. The van der Waals surface area contributed by atoms with Gasteiger partial charge in [-0.25, -0.2) is 5.84 Å². The second-order valence-electron chi connectivity index (χ2n) is 2.81. The number of hydrazine groups is 1. The van der Waals surface area contributed by atoms with E-state index in [4.69, 9.17) is 5.84 Å². The Kier molecular flexibility index (Phi) is 5.45. The lowest BCUT2D eigenvalue weighted by atomic mass is 10.2. The Labute approximate surface area is 74.8 Å². The summed E-state index contributed by atoms with van der Waals surface area (Å²) in [5.41, 5.74) is 2.59. The minimum absolute atomic E-state index is 0.464. The molecule has 0 saturated carbocycles. The van der Waals surface area contributed by atoms with Crippen LogP contribution in [0.5, 0.6) is 0 Å². The molecule has 0 radical (unpaired) electrons. The number of nitrogens with one attached hydrogen (secondary N) is 1. The highest BCUT2D eigenvalue weighted by Crippen LogP contribution is 1.99. The molecule has 0 aromatic rings. The summed E-state index contributed by atoms with van der Waals surface area (Å²) in [5.74, 6) is 6.09. The molecule has 0 heterocycles. The average molecular weight is 172 g/mol. The molecule has 0 aliphatic heterocycles. The summed E-state index contributed by atoms with van der Waals surface area (Å²) in [6, 6.07) is 0.464. The molecule has 0 bridgehead atoms. The van der Waals surface area contributed by atoms with E-state index in [1.807, 2.05) is 18.9 Å². The van der Waals surface area contributed by atoms with E-state index < -0.39 is 0 Å². The fourth-order valence-corrected chi connectivity index (χ4v) is 0.891. The lowest BCUT2D eigenvalue weighted by molar-refractivity contribution is 0.367. The molecule has 0 aliphatic rings. The second kappa shape index (κ2) is 5.83. The number of hydrogen-bond acceptors (Lipinski definition) is 2. The van der Waals surface area contributed by atoms with Gasteiger partial charge in [-0.2, -0.15) is 0 Å². The zero-order valence-electron chi connectivity index (χ0n) is 8.46. The molecule has 1 atom stereocenters. The monoisotopic (exact) mass is 172 g/mol. The minimum Gasteiger partial charge on any atom is -0.342 e. The van der Waals surface area contributed by atoms with Crippen molar-refractivity contribution < 1.29 is 0 Å². The van der Waals surface area contributed by atoms with Gasteiger partial charge in [-0.1, -0.05) is 6.92 Å². The van der Waals surface area contributed by atoms with Crippen LogP contribution in [0.1, 0.15) is 27.2 Å². The first kappa shape index (κ1) is 11.2. The first-order valence-corrected chi connectivity index (χ1v) is 4.41. The molecule has 72 valence electrons. The fourth-order valence-electron chi connectivity index (χ4n) is 0.891. The lowest BCUT2D eigenvalue weighted by Crippen LogP contribution is -2.46. The molecular formula is C8H20N4. The van der Waals surface area contributed by atoms with Crippen molar-refractivity contribution in [3.8, 4) is 0 Å². The molecular weight excluding hydrogens is 152 g/mol. The van der Waals surface area contributed by atoms with Crippen LogP contribution in [0, 0.1) is 0 Å². The number of hydrogen-bond donors (Lipinski definition) is 2. The summed E-state index contributed by atoms with van der Waals surface area (Å²) in [4.78, 5) is 6.26. The maximum Gasteiger partial charge on any atom is 0.208 e. The van der Waals surface area contributed by atoms with Gasteiger partial charge in [0.1, 0.15) is 0 Å². The fraction of sp³-hybridized carbons (Fsp3) is 0.875. The lowest BCUT2D eigenvalue weighted by Gasteiger charge is -2.26. The zero-order chi connectivity index (χ0) is 9.56. The third kappa shape index (κ3) is 3.09. The van der Waals surface area contributed by atoms with Crippen LogP contribution in [0.15, 0.2) is 4.99 Å². The molecule has 0 aromatic heterocycles. The van der Waals surface area contributed by atoms with Gasteiger partial charge < -0.3 is 4.90 Å². The van der Waals surface area contributed by atoms with Crippen LogP contribution >= 0.6 is 0 Å². The van der Waals surface area contributed by atoms with E-state index in [0.29, 0.717) is 6.04 Å². The van der Waals surface area contributed by atoms with Gasteiger partial charge in [-0.3, -0.25) is 10.4 Å². The van der Waals surface area contributed by atoms with Crippen molar-refractivity contribution in [2.24, 2.45) is 10.8 Å². The van der Waals surface area contributed by atoms with E-state index in [0.717, 1.165) is 18.9 Å². The van der Waals surface area contributed by atoms with Gasteiger partial charge in [0.2, 0.25) is 5.96 Å². The Hall–Kier alpha value is -0.770. The van der Waals surface area contributed by atoms with Crippen LogP contribution in [-0.4, -0.2) is 30.5 Å². The van der Waals surface area contributed by atoms with Crippen molar-refractivity contribution >= 4 is 5.96 Å². The number of nitrogens with zero attached hydrogens (tertiary/aromatic N) is 2. The molecule has 0 aliphatic carbocycles. The predicted molar refractivity (Wildman–Crippen MR) is 52.8 cm³/mol. The number of guanidine groups is 1. The Morgan fingerprint density at radius 2 is 2.17 bits per heavy atom. The molecule has 0 fully saturated rings. The van der Waals surface area contributed by atoms with Crippen LogP contribution in [0.3, 0.4) is 0 Å². The van der Waals surface area contributed by atoms with Gasteiger partial charge in [0.25, 0.3) is 0 Å². The van der Waals surface area contributed by atoms with E-state index in [1.165, 1.54) is 0 Å². The van der Waals surface area contributed by atoms with Crippen molar-refractivity contribution in [3.63, 3.8) is 0 Å². The first-order valence-electron chi connectivity index (χ1n) is 4.41. The van der Waals surface area contributed by atoms with Gasteiger partial charge in [0, 0.05) is 19.6 Å². The highest BCUT2D eigenvalue weighted by molar-refractivity contribution is 5.79. The van der Waals surface area contributed by atoms with E-state index >= 15 is 0 Å². The summed E-state index contributed by atoms with van der Waals surface area (Å²) in [5, 5.41) is 0. The van der Waals surface area contributed by atoms with Crippen molar-refractivity contribution in [2.75, 3.05) is 13.6 Å². The normalized spacial score (nSPS) is 14.2. The summed E-state index contributed by atoms with van der Waals surface area (Å²) >= 11 is 0. The van der Waals surface area contributed by atoms with Gasteiger partial charge >= 0.3 is 0 Å². The van der Waals surface area contributed by atoms with E-state index in [1.54, 1.807) is 0 Å². The smallest absolute Gasteiger partial charge is 0.208 e. The maximum absolute atomic E-state index is 5.33. The zero-order valence-corrected chi connectivity index (χ0v) is 8.46. The maximum atomic E-state index is 5.33. The molecule has 0 spiro atoms. The van der Waals surface area contributed by atoms with Crippen LogP contribution in [0.4, 0.5) is 0 Å². The highest BCUT2D eigenvalue weighted by Gasteiger charge is 2.09. The van der Waals surface area contributed by atoms with E-state index in [9.17, 15) is 0 Å². The topological polar surface area (TPSA) is 53.6 Å². The molecule has 4 heteroatoms. The molecule has 4 nitrogen and oxygen atoms in total. The van der Waals surface area contributed by atoms with Gasteiger partial charge in [0.05, 0.1) is 0 Å². The Morgan fingerprint density at radius 3 is 2.50 bits per heavy atom. The van der Waals surface area contributed by atoms with Gasteiger partial charge in [-0.05, 0) is 20.3 Å². The molecule has 0 rings (SSSR count). The van der Waals surface area contributed by atoms with Crippen molar-refractivity contribution in [3.05, 3.63) is 0 Å². The van der Waals surface area contributed by atoms with Crippen LogP contribution in [0.25, 0.3) is 0 Å². The highest BCUT2D eigenvalue weighted by atomic mass is 15.4. The minimum atomic E-state index is 0.464. The first-order chi connectivity index (χ1) is 5.67. The van der Waals surface area contributed by atoms with Crippen molar-refractivity contribution in [1.82, 2.24) is 10.3 Å². The van der Waals surface area contributed by atoms with Crippen molar-refractivity contribution in [2.45, 2.75) is 33.2 Å². The predicted octanol–water partition coefficient (Wildman–Crippen LogP) is 0.556. The summed E-state index contributed by atoms with van der Waals surface area (Å²) in [6.45, 7) is 7.02. The van der Waals surface area contributed by atoms with Crippen molar-refractivity contribution in [1.29, 1.82) is 0 Å². The molecule has 0 amide bonds. The number of aliphatic imine (C=N–C) groups is 1.